The molecule has 0 spiro atoms. The van der Waals surface area contributed by atoms with Crippen LogP contribution in [0.15, 0.2) is 61.2 Å². The third-order valence-corrected chi connectivity index (χ3v) is 5.80. The summed E-state index contributed by atoms with van der Waals surface area (Å²) in [6.45, 7) is 1.11. The predicted octanol–water partition coefficient (Wildman–Crippen LogP) is 6.88. The summed E-state index contributed by atoms with van der Waals surface area (Å²) in [5.41, 5.74) is 4.05. The van der Waals surface area contributed by atoms with E-state index in [1.165, 1.54) is 85.2 Å². The van der Waals surface area contributed by atoms with Crippen molar-refractivity contribution in [3.8, 4) is 0 Å². The highest BCUT2D eigenvalue weighted by Crippen LogP contribution is 2.28. The minimum absolute atomic E-state index is 1.11. The number of fused-ring (bicyclic) bond motifs is 3. The summed E-state index contributed by atoms with van der Waals surface area (Å²) in [4.78, 5) is 7.72. The minimum Gasteiger partial charge on any atom is -0.354 e. The van der Waals surface area contributed by atoms with Gasteiger partial charge in [-0.1, -0.05) is 74.9 Å². The highest BCUT2D eigenvalue weighted by atomic mass is 15.0. The van der Waals surface area contributed by atoms with Gasteiger partial charge in [0.25, 0.3) is 0 Å². The molecule has 1 N–H and O–H groups in total. The van der Waals surface area contributed by atoms with Crippen LogP contribution in [-0.2, 0) is 13.0 Å². The highest BCUT2D eigenvalue weighted by Gasteiger charge is 2.07. The Morgan fingerprint density at radius 2 is 1.50 bits per heavy atom. The summed E-state index contributed by atoms with van der Waals surface area (Å²) in [7, 11) is 0. The second kappa shape index (κ2) is 9.59. The van der Waals surface area contributed by atoms with Crippen molar-refractivity contribution in [1.82, 2.24) is 14.5 Å². The quantitative estimate of drug-likeness (QED) is 0.286. The lowest BCUT2D eigenvalue weighted by molar-refractivity contribution is 0.540. The first kappa shape index (κ1) is 18.8. The Kier molecular flexibility index (Phi) is 6.44. The molecular weight excluding hydrogens is 342 g/mol. The number of hydrogen-bond donors (Lipinski definition) is 1. The maximum absolute atomic E-state index is 4.09. The molecule has 0 aliphatic carbocycles. The molecule has 0 saturated carbocycles. The molecule has 2 heterocycles. The Balaban J connectivity index is 1.14. The number of imidazole rings is 1. The van der Waals surface area contributed by atoms with Crippen molar-refractivity contribution in [3.63, 3.8) is 0 Å². The Labute approximate surface area is 167 Å². The van der Waals surface area contributed by atoms with Crippen molar-refractivity contribution in [2.75, 3.05) is 0 Å². The number of para-hydroxylation sites is 2. The number of hydrogen-bond acceptors (Lipinski definition) is 1. The summed E-state index contributed by atoms with van der Waals surface area (Å²) in [6, 6.07) is 15.4. The number of rotatable bonds is 11. The summed E-state index contributed by atoms with van der Waals surface area (Å²) in [5.74, 6) is 0. The van der Waals surface area contributed by atoms with Crippen LogP contribution in [-0.4, -0.2) is 14.5 Å². The van der Waals surface area contributed by atoms with E-state index in [1.54, 1.807) is 0 Å². The standard InChI is InChI=1S/C25H31N3/c1(2-4-6-10-18-28-19-17-26-20-28)3-5-7-12-21-13-11-15-23-22-14-8-9-16-24(22)27-25(21)23/h8-9,11,13-17,19-20,27H,1-7,10,12,18H2. The van der Waals surface area contributed by atoms with Crippen LogP contribution in [0.3, 0.4) is 0 Å². The zero-order chi connectivity index (χ0) is 19.0. The van der Waals surface area contributed by atoms with Gasteiger partial charge in [-0.2, -0.15) is 0 Å². The van der Waals surface area contributed by atoms with Gasteiger partial charge in [-0.3, -0.25) is 0 Å². The van der Waals surface area contributed by atoms with Gasteiger partial charge in [-0.25, -0.2) is 4.98 Å². The van der Waals surface area contributed by atoms with Crippen LogP contribution in [0.5, 0.6) is 0 Å². The van der Waals surface area contributed by atoms with Crippen molar-refractivity contribution < 1.29 is 0 Å². The number of aromatic amines is 1. The molecule has 2 aromatic carbocycles. The van der Waals surface area contributed by atoms with Gasteiger partial charge in [0, 0.05) is 40.7 Å². The smallest absolute Gasteiger partial charge is 0.0945 e. The van der Waals surface area contributed by atoms with Gasteiger partial charge in [-0.05, 0) is 30.9 Å². The maximum Gasteiger partial charge on any atom is 0.0945 e. The molecule has 0 bridgehead atoms. The van der Waals surface area contributed by atoms with Crippen molar-refractivity contribution >= 4 is 21.8 Å². The Bertz CT molecular complexity index is 982. The van der Waals surface area contributed by atoms with Gasteiger partial charge in [0.2, 0.25) is 0 Å². The number of nitrogens with zero attached hydrogens (tertiary/aromatic N) is 2. The van der Waals surface area contributed by atoms with Gasteiger partial charge in [0.05, 0.1) is 6.33 Å². The summed E-state index contributed by atoms with van der Waals surface area (Å²) in [5, 5.41) is 2.70. The van der Waals surface area contributed by atoms with E-state index in [0.29, 0.717) is 0 Å². The molecule has 3 nitrogen and oxygen atoms in total. The van der Waals surface area contributed by atoms with E-state index in [1.807, 2.05) is 12.5 Å². The molecule has 0 aliphatic rings. The van der Waals surface area contributed by atoms with Gasteiger partial charge in [0.1, 0.15) is 0 Å². The molecule has 0 saturated heterocycles. The summed E-state index contributed by atoms with van der Waals surface area (Å²) < 4.78 is 2.17. The van der Waals surface area contributed by atoms with Crippen molar-refractivity contribution in [3.05, 3.63) is 66.7 Å². The van der Waals surface area contributed by atoms with Crippen LogP contribution in [0.1, 0.15) is 56.9 Å². The fourth-order valence-electron chi connectivity index (χ4n) is 4.23. The first-order chi connectivity index (χ1) is 13.9. The average molecular weight is 374 g/mol. The monoisotopic (exact) mass is 373 g/mol. The van der Waals surface area contributed by atoms with E-state index in [2.05, 4.69) is 63.2 Å². The largest absolute Gasteiger partial charge is 0.354 e. The van der Waals surface area contributed by atoms with Crippen LogP contribution in [0.4, 0.5) is 0 Å². The number of nitrogens with one attached hydrogen (secondary N) is 1. The number of unbranched alkanes of at least 4 members (excludes halogenated alkanes) is 7. The number of aryl methyl sites for hydroxylation is 2. The van der Waals surface area contributed by atoms with E-state index in [9.17, 15) is 0 Å². The van der Waals surface area contributed by atoms with Gasteiger partial charge < -0.3 is 9.55 Å². The van der Waals surface area contributed by atoms with E-state index in [-0.39, 0.29) is 0 Å². The molecule has 0 radical (unpaired) electrons. The third-order valence-electron chi connectivity index (χ3n) is 5.80. The molecule has 0 atom stereocenters. The van der Waals surface area contributed by atoms with Crippen LogP contribution < -0.4 is 0 Å². The van der Waals surface area contributed by atoms with Crippen LogP contribution in [0, 0.1) is 0 Å². The lowest BCUT2D eigenvalue weighted by atomic mass is 10.0. The number of H-pyrrole nitrogens is 1. The number of benzene rings is 2. The number of aromatic nitrogens is 3. The van der Waals surface area contributed by atoms with E-state index in [4.69, 9.17) is 0 Å². The average Bonchev–Trinajstić information content (AvgIpc) is 3.37. The molecule has 28 heavy (non-hydrogen) atoms. The fourth-order valence-corrected chi connectivity index (χ4v) is 4.23. The first-order valence-corrected chi connectivity index (χ1v) is 10.9. The molecule has 0 unspecified atom stereocenters. The first-order valence-electron chi connectivity index (χ1n) is 10.9. The minimum atomic E-state index is 1.11. The zero-order valence-corrected chi connectivity index (χ0v) is 16.7. The third kappa shape index (κ3) is 4.64. The molecule has 146 valence electrons. The molecule has 0 fully saturated rings. The van der Waals surface area contributed by atoms with Gasteiger partial charge in [0.15, 0.2) is 0 Å². The second-order valence-electron chi connectivity index (χ2n) is 7.89. The predicted molar refractivity (Wildman–Crippen MR) is 119 cm³/mol. The normalized spacial score (nSPS) is 11.6. The van der Waals surface area contributed by atoms with Crippen LogP contribution in [0.2, 0.25) is 0 Å². The second-order valence-corrected chi connectivity index (χ2v) is 7.89. The summed E-state index contributed by atoms with van der Waals surface area (Å²) in [6.07, 6.45) is 17.7. The highest BCUT2D eigenvalue weighted by molar-refractivity contribution is 6.08. The molecule has 0 amide bonds. The summed E-state index contributed by atoms with van der Waals surface area (Å²) >= 11 is 0. The molecular formula is C25H31N3. The lowest BCUT2D eigenvalue weighted by Gasteiger charge is -2.05. The lowest BCUT2D eigenvalue weighted by Crippen LogP contribution is -1.94. The topological polar surface area (TPSA) is 33.6 Å². The van der Waals surface area contributed by atoms with Crippen LogP contribution in [0.25, 0.3) is 21.8 Å². The van der Waals surface area contributed by atoms with E-state index >= 15 is 0 Å². The van der Waals surface area contributed by atoms with E-state index < -0.39 is 0 Å². The Hall–Kier alpha value is -2.55. The van der Waals surface area contributed by atoms with E-state index in [0.717, 1.165) is 6.54 Å². The molecule has 3 heteroatoms. The molecule has 4 rings (SSSR count). The Morgan fingerprint density at radius 1 is 0.750 bits per heavy atom. The van der Waals surface area contributed by atoms with Gasteiger partial charge in [-0.15, -0.1) is 0 Å². The van der Waals surface area contributed by atoms with Crippen molar-refractivity contribution in [2.45, 2.75) is 64.3 Å². The van der Waals surface area contributed by atoms with Gasteiger partial charge >= 0.3 is 0 Å². The zero-order valence-electron chi connectivity index (χ0n) is 16.7. The molecule has 0 aliphatic heterocycles. The maximum atomic E-state index is 4.09. The van der Waals surface area contributed by atoms with Crippen LogP contribution >= 0.6 is 0 Å². The SMILES string of the molecule is c1ccc2c(c1)[nH]c1c(CCCCCCCCCCn3ccnc3)cccc12. The Morgan fingerprint density at radius 3 is 2.32 bits per heavy atom. The fraction of sp³-hybridized carbons (Fsp3) is 0.400. The van der Waals surface area contributed by atoms with Crippen molar-refractivity contribution in [1.29, 1.82) is 0 Å². The molecule has 4 aromatic rings. The molecule has 2 aromatic heterocycles. The van der Waals surface area contributed by atoms with Crippen molar-refractivity contribution in [2.24, 2.45) is 0 Å².